The van der Waals surface area contributed by atoms with Gasteiger partial charge in [0.05, 0.1) is 0 Å². The molecular formula is C10H18. The quantitative estimate of drug-likeness (QED) is 0.522. The van der Waals surface area contributed by atoms with E-state index in [0.717, 1.165) is 23.2 Å². The summed E-state index contributed by atoms with van der Waals surface area (Å²) in [4.78, 5) is 0. The van der Waals surface area contributed by atoms with Gasteiger partial charge in [-0.2, -0.15) is 0 Å². The Labute approximate surface area is 64.0 Å². The van der Waals surface area contributed by atoms with E-state index in [9.17, 15) is 0 Å². The Hall–Kier alpha value is 0. The summed E-state index contributed by atoms with van der Waals surface area (Å²) >= 11 is 0. The highest BCUT2D eigenvalue weighted by molar-refractivity contribution is 5.05. The van der Waals surface area contributed by atoms with Crippen LogP contribution in [-0.2, 0) is 0 Å². The van der Waals surface area contributed by atoms with Crippen molar-refractivity contribution in [1.82, 2.24) is 0 Å². The molecule has 10 heavy (non-hydrogen) atoms. The second-order valence-electron chi connectivity index (χ2n) is 4.80. The maximum Gasteiger partial charge on any atom is -0.0243 e. The lowest BCUT2D eigenvalue weighted by Gasteiger charge is -2.44. The molecule has 1 unspecified atom stereocenters. The highest BCUT2D eigenvalue weighted by Crippen LogP contribution is 2.65. The van der Waals surface area contributed by atoms with Gasteiger partial charge < -0.3 is 0 Å². The smallest absolute Gasteiger partial charge is 0.0243 e. The van der Waals surface area contributed by atoms with Crippen LogP contribution < -0.4 is 0 Å². The minimum Gasteiger partial charge on any atom is -0.0622 e. The van der Waals surface area contributed by atoms with Gasteiger partial charge in [0.25, 0.3) is 0 Å². The van der Waals surface area contributed by atoms with Crippen molar-refractivity contribution in [1.29, 1.82) is 0 Å². The van der Waals surface area contributed by atoms with Crippen molar-refractivity contribution in [3.05, 3.63) is 0 Å². The molecule has 3 fully saturated rings. The lowest BCUT2D eigenvalue weighted by atomic mass is 9.61. The van der Waals surface area contributed by atoms with Crippen LogP contribution >= 0.6 is 0 Å². The SMILES string of the molecule is CC(C)C12CC(CC1C)C2. The number of fused-ring (bicyclic) bond motifs is 1. The third-order valence-corrected chi connectivity index (χ3v) is 4.16. The summed E-state index contributed by atoms with van der Waals surface area (Å²) in [6.45, 7) is 7.25. The van der Waals surface area contributed by atoms with Crippen LogP contribution in [0.15, 0.2) is 0 Å². The fourth-order valence-electron chi connectivity index (χ4n) is 3.36. The predicted molar refractivity (Wildman–Crippen MR) is 43.8 cm³/mol. The van der Waals surface area contributed by atoms with E-state index in [2.05, 4.69) is 20.8 Å². The van der Waals surface area contributed by atoms with E-state index in [-0.39, 0.29) is 0 Å². The van der Waals surface area contributed by atoms with Crippen LogP contribution in [0.3, 0.4) is 0 Å². The molecule has 3 aliphatic rings. The minimum absolute atomic E-state index is 0.796. The van der Waals surface area contributed by atoms with E-state index in [4.69, 9.17) is 0 Å². The average molecular weight is 138 g/mol. The van der Waals surface area contributed by atoms with E-state index >= 15 is 0 Å². The topological polar surface area (TPSA) is 0 Å². The summed E-state index contributed by atoms with van der Waals surface area (Å²) in [6.07, 6.45) is 4.62. The van der Waals surface area contributed by atoms with E-state index in [1.807, 2.05) is 0 Å². The van der Waals surface area contributed by atoms with Gasteiger partial charge in [-0.3, -0.25) is 0 Å². The van der Waals surface area contributed by atoms with Crippen molar-refractivity contribution >= 4 is 0 Å². The molecule has 0 radical (unpaired) electrons. The van der Waals surface area contributed by atoms with E-state index in [1.54, 1.807) is 12.8 Å². The van der Waals surface area contributed by atoms with Gasteiger partial charge in [-0.25, -0.2) is 0 Å². The molecule has 0 aromatic heterocycles. The number of hydrogen-bond acceptors (Lipinski definition) is 0. The van der Waals surface area contributed by atoms with Gasteiger partial charge in [0, 0.05) is 0 Å². The van der Waals surface area contributed by atoms with E-state index in [0.29, 0.717) is 0 Å². The molecule has 0 N–H and O–H groups in total. The Morgan fingerprint density at radius 1 is 1.30 bits per heavy atom. The molecular weight excluding hydrogens is 120 g/mol. The van der Waals surface area contributed by atoms with Gasteiger partial charge in [0.1, 0.15) is 0 Å². The predicted octanol–water partition coefficient (Wildman–Crippen LogP) is 3.08. The highest BCUT2D eigenvalue weighted by Gasteiger charge is 2.56. The second-order valence-corrected chi connectivity index (χ2v) is 4.80. The fraction of sp³-hybridized carbons (Fsp3) is 1.00. The number of hydrogen-bond donors (Lipinski definition) is 0. The monoisotopic (exact) mass is 138 g/mol. The summed E-state index contributed by atoms with van der Waals surface area (Å²) < 4.78 is 0. The molecule has 0 heteroatoms. The van der Waals surface area contributed by atoms with Crippen molar-refractivity contribution in [3.8, 4) is 0 Å². The third-order valence-electron chi connectivity index (χ3n) is 4.16. The maximum atomic E-state index is 2.45. The van der Waals surface area contributed by atoms with Crippen LogP contribution in [0.25, 0.3) is 0 Å². The molecule has 2 bridgehead atoms. The fourth-order valence-corrected chi connectivity index (χ4v) is 3.36. The maximum absolute atomic E-state index is 2.45. The molecule has 3 saturated carbocycles. The first-order valence-electron chi connectivity index (χ1n) is 4.65. The zero-order valence-electron chi connectivity index (χ0n) is 7.35. The van der Waals surface area contributed by atoms with Crippen LogP contribution in [0, 0.1) is 23.2 Å². The molecule has 0 amide bonds. The zero-order chi connectivity index (χ0) is 7.35. The summed E-state index contributed by atoms with van der Waals surface area (Å²) in [5, 5.41) is 0. The van der Waals surface area contributed by atoms with Crippen molar-refractivity contribution in [3.63, 3.8) is 0 Å². The largest absolute Gasteiger partial charge is 0.0622 e. The summed E-state index contributed by atoms with van der Waals surface area (Å²) in [7, 11) is 0. The Morgan fingerprint density at radius 3 is 2.10 bits per heavy atom. The zero-order valence-corrected chi connectivity index (χ0v) is 7.35. The molecule has 0 saturated heterocycles. The summed E-state index contributed by atoms with van der Waals surface area (Å²) in [6, 6.07) is 0. The van der Waals surface area contributed by atoms with Crippen molar-refractivity contribution in [2.24, 2.45) is 23.2 Å². The van der Waals surface area contributed by atoms with Crippen molar-refractivity contribution in [2.45, 2.75) is 40.0 Å². The number of rotatable bonds is 1. The van der Waals surface area contributed by atoms with Gasteiger partial charge in [-0.1, -0.05) is 20.8 Å². The summed E-state index contributed by atoms with van der Waals surface area (Å²) in [5.41, 5.74) is 0.796. The highest BCUT2D eigenvalue weighted by atomic mass is 14.6. The molecule has 58 valence electrons. The molecule has 0 aromatic carbocycles. The molecule has 1 atom stereocenters. The Bertz CT molecular complexity index is 140. The lowest BCUT2D eigenvalue weighted by Crippen LogP contribution is -2.36. The van der Waals surface area contributed by atoms with Crippen molar-refractivity contribution in [2.75, 3.05) is 0 Å². The van der Waals surface area contributed by atoms with E-state index < -0.39 is 0 Å². The first-order valence-corrected chi connectivity index (χ1v) is 4.65. The van der Waals surface area contributed by atoms with Crippen LogP contribution in [-0.4, -0.2) is 0 Å². The molecule has 0 aromatic rings. The van der Waals surface area contributed by atoms with Crippen LogP contribution in [0.5, 0.6) is 0 Å². The molecule has 3 rings (SSSR count). The van der Waals surface area contributed by atoms with Gasteiger partial charge >= 0.3 is 0 Å². The Balaban J connectivity index is 2.17. The van der Waals surface area contributed by atoms with E-state index in [1.165, 1.54) is 6.42 Å². The first-order chi connectivity index (χ1) is 4.65. The molecule has 0 heterocycles. The normalized spacial score (nSPS) is 51.6. The van der Waals surface area contributed by atoms with Crippen LogP contribution in [0.2, 0.25) is 0 Å². The van der Waals surface area contributed by atoms with Gasteiger partial charge in [0.15, 0.2) is 0 Å². The Kier molecular flexibility index (Phi) is 1.19. The van der Waals surface area contributed by atoms with Crippen LogP contribution in [0.4, 0.5) is 0 Å². The first kappa shape index (κ1) is 6.69. The minimum atomic E-state index is 0.796. The average Bonchev–Trinajstić information content (AvgIpc) is 2.15. The Morgan fingerprint density at radius 2 is 1.90 bits per heavy atom. The van der Waals surface area contributed by atoms with Gasteiger partial charge in [0.2, 0.25) is 0 Å². The second kappa shape index (κ2) is 1.78. The standard InChI is InChI=1S/C10H18/c1-7(2)10-5-9(6-10)4-8(10)3/h7-9H,4-6H2,1-3H3. The molecule has 3 aliphatic carbocycles. The third kappa shape index (κ3) is 0.580. The van der Waals surface area contributed by atoms with Crippen LogP contribution in [0.1, 0.15) is 40.0 Å². The lowest BCUT2D eigenvalue weighted by molar-refractivity contribution is 0.0512. The van der Waals surface area contributed by atoms with Gasteiger partial charge in [-0.15, -0.1) is 0 Å². The van der Waals surface area contributed by atoms with Gasteiger partial charge in [-0.05, 0) is 42.4 Å². The molecule has 0 spiro atoms. The summed E-state index contributed by atoms with van der Waals surface area (Å²) in [5.74, 6) is 3.08. The van der Waals surface area contributed by atoms with Crippen molar-refractivity contribution < 1.29 is 0 Å². The molecule has 0 nitrogen and oxygen atoms in total. The molecule has 0 aliphatic heterocycles.